The minimum Gasteiger partial charge on any atom is -0.368 e. The maximum atomic E-state index is 5.93. The van der Waals surface area contributed by atoms with Crippen LogP contribution < -0.4 is 11.1 Å². The molecule has 0 saturated heterocycles. The summed E-state index contributed by atoms with van der Waals surface area (Å²) >= 11 is 0. The molecule has 1 aliphatic carbocycles. The number of nitrogens with one attached hydrogen (secondary N) is 1. The zero-order chi connectivity index (χ0) is 12.3. The van der Waals surface area contributed by atoms with Gasteiger partial charge in [0.05, 0.1) is 6.04 Å². The third-order valence-electron chi connectivity index (χ3n) is 3.25. The fraction of sp³-hybridized carbons (Fsp3) is 0.833. The molecule has 0 amide bonds. The Labute approximate surface area is 103 Å². The molecule has 1 aromatic heterocycles. The van der Waals surface area contributed by atoms with Crippen LogP contribution in [0.3, 0.4) is 0 Å². The molecular formula is C12H23N5. The van der Waals surface area contributed by atoms with E-state index < -0.39 is 0 Å². The van der Waals surface area contributed by atoms with Gasteiger partial charge in [0.2, 0.25) is 11.9 Å². The molecule has 0 aliphatic heterocycles. The highest BCUT2D eigenvalue weighted by Gasteiger charge is 2.19. The second kappa shape index (κ2) is 5.38. The molecule has 5 heteroatoms. The molecule has 17 heavy (non-hydrogen) atoms. The summed E-state index contributed by atoms with van der Waals surface area (Å²) in [6.07, 6.45) is 6.25. The van der Waals surface area contributed by atoms with Crippen molar-refractivity contribution in [2.24, 2.45) is 5.92 Å². The van der Waals surface area contributed by atoms with E-state index in [0.29, 0.717) is 23.9 Å². The first-order valence-corrected chi connectivity index (χ1v) is 6.62. The summed E-state index contributed by atoms with van der Waals surface area (Å²) in [5, 5.41) is 7.70. The average Bonchev–Trinajstić information content (AvgIpc) is 2.69. The number of nitrogen functional groups attached to an aromatic ring is 1. The van der Waals surface area contributed by atoms with Crippen molar-refractivity contribution in [3.8, 4) is 0 Å². The summed E-state index contributed by atoms with van der Waals surface area (Å²) in [6, 6.07) is 0.450. The number of nitrogens with two attached hydrogens (primary N) is 1. The minimum absolute atomic E-state index is 0.450. The van der Waals surface area contributed by atoms with Crippen molar-refractivity contribution in [1.82, 2.24) is 14.8 Å². The predicted octanol–water partition coefficient (Wildman–Crippen LogP) is 2.43. The molecule has 96 valence electrons. The van der Waals surface area contributed by atoms with Gasteiger partial charge < -0.3 is 11.1 Å². The van der Waals surface area contributed by atoms with Crippen LogP contribution in [-0.4, -0.2) is 21.3 Å². The normalized spacial score (nSPS) is 17.6. The highest BCUT2D eigenvalue weighted by Crippen LogP contribution is 2.29. The molecule has 2 rings (SSSR count). The van der Waals surface area contributed by atoms with Crippen molar-refractivity contribution < 1.29 is 0 Å². The second-order valence-electron chi connectivity index (χ2n) is 5.30. The Balaban J connectivity index is 2.02. The van der Waals surface area contributed by atoms with E-state index in [1.165, 1.54) is 32.1 Å². The Hall–Kier alpha value is -1.26. The van der Waals surface area contributed by atoms with Crippen molar-refractivity contribution in [3.05, 3.63) is 0 Å². The highest BCUT2D eigenvalue weighted by molar-refractivity contribution is 5.31. The molecule has 0 bridgehead atoms. The van der Waals surface area contributed by atoms with Gasteiger partial charge in [-0.25, -0.2) is 4.68 Å². The third kappa shape index (κ3) is 3.11. The van der Waals surface area contributed by atoms with Crippen LogP contribution in [0.2, 0.25) is 0 Å². The van der Waals surface area contributed by atoms with Gasteiger partial charge in [-0.1, -0.05) is 33.1 Å². The van der Waals surface area contributed by atoms with E-state index in [9.17, 15) is 0 Å². The molecule has 5 nitrogen and oxygen atoms in total. The molecule has 0 aromatic carbocycles. The molecule has 1 aliphatic rings. The van der Waals surface area contributed by atoms with E-state index in [-0.39, 0.29) is 0 Å². The number of hydrogen-bond acceptors (Lipinski definition) is 4. The van der Waals surface area contributed by atoms with Crippen LogP contribution in [0.15, 0.2) is 0 Å². The summed E-state index contributed by atoms with van der Waals surface area (Å²) in [5.74, 6) is 1.79. The van der Waals surface area contributed by atoms with Gasteiger partial charge in [-0.2, -0.15) is 4.98 Å². The molecule has 1 aromatic rings. The van der Waals surface area contributed by atoms with Crippen LogP contribution in [0.5, 0.6) is 0 Å². The maximum absolute atomic E-state index is 5.93. The smallest absolute Gasteiger partial charge is 0.243 e. The van der Waals surface area contributed by atoms with Crippen molar-refractivity contribution in [2.75, 3.05) is 17.6 Å². The Kier molecular flexibility index (Phi) is 3.86. The minimum atomic E-state index is 0.450. The van der Waals surface area contributed by atoms with Gasteiger partial charge in [-0.05, 0) is 18.8 Å². The topological polar surface area (TPSA) is 68.8 Å². The molecule has 1 heterocycles. The van der Waals surface area contributed by atoms with E-state index in [0.717, 1.165) is 6.54 Å². The number of rotatable bonds is 4. The van der Waals surface area contributed by atoms with Gasteiger partial charge in [-0.15, -0.1) is 5.10 Å². The summed E-state index contributed by atoms with van der Waals surface area (Å²) in [6.45, 7) is 5.21. The summed E-state index contributed by atoms with van der Waals surface area (Å²) in [5.41, 5.74) is 5.93. The van der Waals surface area contributed by atoms with E-state index >= 15 is 0 Å². The van der Waals surface area contributed by atoms with Crippen LogP contribution in [0.1, 0.15) is 52.0 Å². The second-order valence-corrected chi connectivity index (χ2v) is 5.30. The monoisotopic (exact) mass is 237 g/mol. The molecule has 1 fully saturated rings. The molecule has 0 spiro atoms. The SMILES string of the molecule is CC(C)CNc1nc(N)n(C2CCCCC2)n1. The molecule has 1 saturated carbocycles. The van der Waals surface area contributed by atoms with Crippen LogP contribution in [0, 0.1) is 5.92 Å². The average molecular weight is 237 g/mol. The van der Waals surface area contributed by atoms with Crippen LogP contribution >= 0.6 is 0 Å². The highest BCUT2D eigenvalue weighted by atomic mass is 15.4. The Morgan fingerprint density at radius 2 is 2.06 bits per heavy atom. The Morgan fingerprint density at radius 1 is 1.35 bits per heavy atom. The standard InChI is InChI=1S/C12H23N5/c1-9(2)8-14-12-15-11(13)17(16-12)10-6-4-3-5-7-10/h9-10H,3-8H2,1-2H3,(H3,13,14,15,16). The van der Waals surface area contributed by atoms with Gasteiger partial charge in [0.25, 0.3) is 0 Å². The van der Waals surface area contributed by atoms with Crippen molar-refractivity contribution in [2.45, 2.75) is 52.0 Å². The molecular weight excluding hydrogens is 214 g/mol. The van der Waals surface area contributed by atoms with Crippen molar-refractivity contribution in [1.29, 1.82) is 0 Å². The fourth-order valence-corrected chi connectivity index (χ4v) is 2.30. The number of nitrogens with zero attached hydrogens (tertiary/aromatic N) is 3. The maximum Gasteiger partial charge on any atom is 0.243 e. The third-order valence-corrected chi connectivity index (χ3v) is 3.25. The summed E-state index contributed by atoms with van der Waals surface area (Å²) in [7, 11) is 0. The molecule has 0 atom stereocenters. The lowest BCUT2D eigenvalue weighted by molar-refractivity contribution is 0.333. The van der Waals surface area contributed by atoms with Gasteiger partial charge >= 0.3 is 0 Å². The van der Waals surface area contributed by atoms with Gasteiger partial charge in [0.1, 0.15) is 0 Å². The lowest BCUT2D eigenvalue weighted by Crippen LogP contribution is -2.16. The predicted molar refractivity (Wildman–Crippen MR) is 69.9 cm³/mol. The number of anilines is 2. The lowest BCUT2D eigenvalue weighted by atomic mass is 9.96. The van der Waals surface area contributed by atoms with E-state index in [1.54, 1.807) is 0 Å². The Bertz CT molecular complexity index is 352. The van der Waals surface area contributed by atoms with E-state index in [2.05, 4.69) is 29.2 Å². The lowest BCUT2D eigenvalue weighted by Gasteiger charge is -2.21. The number of aromatic nitrogens is 3. The van der Waals surface area contributed by atoms with E-state index in [4.69, 9.17) is 5.73 Å². The van der Waals surface area contributed by atoms with Crippen LogP contribution in [0.25, 0.3) is 0 Å². The summed E-state index contributed by atoms with van der Waals surface area (Å²) in [4.78, 5) is 4.28. The largest absolute Gasteiger partial charge is 0.368 e. The van der Waals surface area contributed by atoms with Crippen molar-refractivity contribution in [3.63, 3.8) is 0 Å². The van der Waals surface area contributed by atoms with Gasteiger partial charge in [0, 0.05) is 6.54 Å². The molecule has 3 N–H and O–H groups in total. The quantitative estimate of drug-likeness (QED) is 0.844. The molecule has 0 radical (unpaired) electrons. The first-order valence-electron chi connectivity index (χ1n) is 6.62. The first kappa shape index (κ1) is 12.2. The van der Waals surface area contributed by atoms with Gasteiger partial charge in [0.15, 0.2) is 0 Å². The zero-order valence-corrected chi connectivity index (χ0v) is 10.8. The van der Waals surface area contributed by atoms with Crippen molar-refractivity contribution >= 4 is 11.9 Å². The van der Waals surface area contributed by atoms with Gasteiger partial charge in [-0.3, -0.25) is 0 Å². The van der Waals surface area contributed by atoms with Crippen LogP contribution in [0.4, 0.5) is 11.9 Å². The number of hydrogen-bond donors (Lipinski definition) is 2. The fourth-order valence-electron chi connectivity index (χ4n) is 2.30. The van der Waals surface area contributed by atoms with Crippen LogP contribution in [-0.2, 0) is 0 Å². The summed E-state index contributed by atoms with van der Waals surface area (Å²) < 4.78 is 1.90. The van der Waals surface area contributed by atoms with E-state index in [1.807, 2.05) is 4.68 Å². The Morgan fingerprint density at radius 3 is 2.71 bits per heavy atom. The first-order chi connectivity index (χ1) is 8.16. The zero-order valence-electron chi connectivity index (χ0n) is 10.8. The molecule has 0 unspecified atom stereocenters.